The van der Waals surface area contributed by atoms with Crippen molar-refractivity contribution in [1.82, 2.24) is 20.4 Å². The van der Waals surface area contributed by atoms with E-state index in [0.29, 0.717) is 6.42 Å². The zero-order valence-electron chi connectivity index (χ0n) is 15.0. The van der Waals surface area contributed by atoms with E-state index in [-0.39, 0.29) is 30.3 Å². The Morgan fingerprint density at radius 1 is 1.31 bits per heavy atom. The van der Waals surface area contributed by atoms with Crippen LogP contribution in [0.2, 0.25) is 0 Å². The van der Waals surface area contributed by atoms with Crippen LogP contribution in [0.1, 0.15) is 24.9 Å². The van der Waals surface area contributed by atoms with Crippen LogP contribution in [0.5, 0.6) is 0 Å². The van der Waals surface area contributed by atoms with Gasteiger partial charge in [-0.2, -0.15) is 5.10 Å². The number of nitrogens with zero attached hydrogens (tertiary/aromatic N) is 3. The SMILES string of the molecule is CNC(C(=O)NC1CC(C)N(c2ccccc2)C1=O)c1cnn(C)c1.Cl. The Bertz CT molecular complexity index is 764. The van der Waals surface area contributed by atoms with Gasteiger partial charge >= 0.3 is 0 Å². The van der Waals surface area contributed by atoms with Gasteiger partial charge in [0.05, 0.1) is 6.20 Å². The first-order valence-corrected chi connectivity index (χ1v) is 8.35. The molecule has 1 saturated heterocycles. The van der Waals surface area contributed by atoms with E-state index < -0.39 is 12.1 Å². The molecule has 3 rings (SSSR count). The van der Waals surface area contributed by atoms with Crippen LogP contribution in [-0.2, 0) is 16.6 Å². The molecular weight excluding hydrogens is 354 g/mol. The Morgan fingerprint density at radius 2 is 2.00 bits per heavy atom. The molecule has 140 valence electrons. The van der Waals surface area contributed by atoms with Crippen molar-refractivity contribution in [2.75, 3.05) is 11.9 Å². The lowest BCUT2D eigenvalue weighted by Gasteiger charge is -2.22. The quantitative estimate of drug-likeness (QED) is 0.825. The van der Waals surface area contributed by atoms with Gasteiger partial charge in [0.1, 0.15) is 12.1 Å². The molecule has 7 nitrogen and oxygen atoms in total. The molecule has 8 heteroatoms. The minimum Gasteiger partial charge on any atom is -0.343 e. The molecule has 2 heterocycles. The summed E-state index contributed by atoms with van der Waals surface area (Å²) < 4.78 is 1.65. The monoisotopic (exact) mass is 377 g/mol. The van der Waals surface area contributed by atoms with Gasteiger partial charge in [0, 0.05) is 30.5 Å². The molecule has 1 aromatic heterocycles. The third-order valence-electron chi connectivity index (χ3n) is 4.51. The lowest BCUT2D eigenvalue weighted by Crippen LogP contribution is -2.45. The Balaban J connectivity index is 0.00000243. The molecule has 3 unspecified atom stereocenters. The van der Waals surface area contributed by atoms with Gasteiger partial charge in [-0.05, 0) is 32.5 Å². The standard InChI is InChI=1S/C18H23N5O2.ClH/c1-12-9-15(18(25)23(12)14-7-5-4-6-8-14)21-17(24)16(19-2)13-10-20-22(3)11-13;/h4-8,10-12,15-16,19H,9H2,1-3H3,(H,21,24);1H. The van der Waals surface area contributed by atoms with Crippen LogP contribution in [0.25, 0.3) is 0 Å². The van der Waals surface area contributed by atoms with E-state index in [2.05, 4.69) is 15.7 Å². The van der Waals surface area contributed by atoms with Crippen LogP contribution in [-0.4, -0.2) is 40.7 Å². The van der Waals surface area contributed by atoms with Gasteiger partial charge in [-0.1, -0.05) is 18.2 Å². The van der Waals surface area contributed by atoms with E-state index in [0.717, 1.165) is 11.3 Å². The van der Waals surface area contributed by atoms with Crippen LogP contribution in [0.3, 0.4) is 0 Å². The van der Waals surface area contributed by atoms with Crippen molar-refractivity contribution in [3.63, 3.8) is 0 Å². The molecule has 3 atom stereocenters. The zero-order chi connectivity index (χ0) is 18.0. The maximum atomic E-state index is 12.8. The Labute approximate surface area is 159 Å². The molecule has 1 aliphatic rings. The Hall–Kier alpha value is -2.38. The molecule has 0 bridgehead atoms. The second-order valence-electron chi connectivity index (χ2n) is 6.36. The summed E-state index contributed by atoms with van der Waals surface area (Å²) in [5.41, 5.74) is 1.62. The van der Waals surface area contributed by atoms with Gasteiger partial charge in [-0.15, -0.1) is 12.4 Å². The number of halogens is 1. The number of amides is 2. The molecule has 26 heavy (non-hydrogen) atoms. The summed E-state index contributed by atoms with van der Waals surface area (Å²) in [6.45, 7) is 1.99. The normalized spacial score (nSPS) is 20.6. The predicted molar refractivity (Wildman–Crippen MR) is 102 cm³/mol. The minimum absolute atomic E-state index is 0. The predicted octanol–water partition coefficient (Wildman–Crippen LogP) is 1.41. The van der Waals surface area contributed by atoms with Crippen molar-refractivity contribution >= 4 is 29.9 Å². The molecule has 0 saturated carbocycles. The van der Waals surface area contributed by atoms with Gasteiger partial charge in [0.25, 0.3) is 0 Å². The third kappa shape index (κ3) is 3.89. The number of benzene rings is 1. The molecule has 2 amide bonds. The maximum absolute atomic E-state index is 12.8. The highest BCUT2D eigenvalue weighted by molar-refractivity contribution is 6.02. The van der Waals surface area contributed by atoms with E-state index in [9.17, 15) is 9.59 Å². The van der Waals surface area contributed by atoms with Gasteiger partial charge in [-0.25, -0.2) is 0 Å². The van der Waals surface area contributed by atoms with E-state index in [4.69, 9.17) is 0 Å². The summed E-state index contributed by atoms with van der Waals surface area (Å²) in [7, 11) is 3.51. The molecule has 0 radical (unpaired) electrons. The minimum atomic E-state index is -0.539. The number of carbonyl (C=O) groups excluding carboxylic acids is 2. The molecule has 0 spiro atoms. The molecule has 1 aliphatic heterocycles. The molecule has 2 aromatic rings. The van der Waals surface area contributed by atoms with E-state index in [1.807, 2.05) is 37.3 Å². The first kappa shape index (κ1) is 19.9. The smallest absolute Gasteiger partial charge is 0.249 e. The number of hydrogen-bond donors (Lipinski definition) is 2. The molecule has 1 fully saturated rings. The topological polar surface area (TPSA) is 79.3 Å². The second kappa shape index (κ2) is 8.33. The molecule has 1 aromatic carbocycles. The summed E-state index contributed by atoms with van der Waals surface area (Å²) in [6.07, 6.45) is 4.02. The fraction of sp³-hybridized carbons (Fsp3) is 0.389. The highest BCUT2D eigenvalue weighted by atomic mass is 35.5. The van der Waals surface area contributed by atoms with Crippen molar-refractivity contribution < 1.29 is 9.59 Å². The number of carbonyl (C=O) groups is 2. The summed E-state index contributed by atoms with van der Waals surface area (Å²) in [5, 5.41) is 9.97. The first-order valence-electron chi connectivity index (χ1n) is 8.35. The Morgan fingerprint density at radius 3 is 2.58 bits per heavy atom. The average molecular weight is 378 g/mol. The highest BCUT2D eigenvalue weighted by Crippen LogP contribution is 2.27. The van der Waals surface area contributed by atoms with Crippen molar-refractivity contribution in [3.05, 3.63) is 48.3 Å². The van der Waals surface area contributed by atoms with Gasteiger partial charge in [0.2, 0.25) is 11.8 Å². The number of likely N-dealkylation sites (N-methyl/N-ethyl adjacent to an activating group) is 1. The number of rotatable bonds is 5. The average Bonchev–Trinajstić information content (AvgIpc) is 3.13. The highest BCUT2D eigenvalue weighted by Gasteiger charge is 2.39. The number of nitrogens with one attached hydrogen (secondary N) is 2. The maximum Gasteiger partial charge on any atom is 0.249 e. The largest absolute Gasteiger partial charge is 0.343 e. The number of aryl methyl sites for hydroxylation is 1. The van der Waals surface area contributed by atoms with Crippen molar-refractivity contribution in [2.45, 2.75) is 31.5 Å². The summed E-state index contributed by atoms with van der Waals surface area (Å²) >= 11 is 0. The number of para-hydroxylation sites is 1. The third-order valence-corrected chi connectivity index (χ3v) is 4.51. The lowest BCUT2D eigenvalue weighted by atomic mass is 10.1. The van der Waals surface area contributed by atoms with Crippen molar-refractivity contribution in [1.29, 1.82) is 0 Å². The van der Waals surface area contributed by atoms with E-state index in [1.54, 1.807) is 36.1 Å². The van der Waals surface area contributed by atoms with Gasteiger partial charge < -0.3 is 15.5 Å². The first-order chi connectivity index (χ1) is 12.0. The fourth-order valence-electron chi connectivity index (χ4n) is 3.32. The summed E-state index contributed by atoms with van der Waals surface area (Å²) in [6, 6.07) is 8.51. The van der Waals surface area contributed by atoms with Crippen LogP contribution in [0.4, 0.5) is 5.69 Å². The Kier molecular flexibility index (Phi) is 6.39. The van der Waals surface area contributed by atoms with Gasteiger partial charge in [-0.3, -0.25) is 14.3 Å². The number of aromatic nitrogens is 2. The zero-order valence-corrected chi connectivity index (χ0v) is 15.9. The van der Waals surface area contributed by atoms with Crippen LogP contribution in [0.15, 0.2) is 42.7 Å². The number of hydrogen-bond acceptors (Lipinski definition) is 4. The molecule has 2 N–H and O–H groups in total. The van der Waals surface area contributed by atoms with Crippen LogP contribution in [0, 0.1) is 0 Å². The second-order valence-corrected chi connectivity index (χ2v) is 6.36. The molecular formula is C18H24ClN5O2. The van der Waals surface area contributed by atoms with E-state index in [1.165, 1.54) is 0 Å². The van der Waals surface area contributed by atoms with Crippen LogP contribution >= 0.6 is 12.4 Å². The summed E-state index contributed by atoms with van der Waals surface area (Å²) in [4.78, 5) is 27.2. The van der Waals surface area contributed by atoms with Crippen molar-refractivity contribution in [2.24, 2.45) is 7.05 Å². The fourth-order valence-corrected chi connectivity index (χ4v) is 3.32. The molecule has 0 aliphatic carbocycles. The van der Waals surface area contributed by atoms with E-state index >= 15 is 0 Å². The lowest BCUT2D eigenvalue weighted by molar-refractivity contribution is -0.127. The number of anilines is 1. The summed E-state index contributed by atoms with van der Waals surface area (Å²) in [5.74, 6) is -0.302. The van der Waals surface area contributed by atoms with Crippen LogP contribution < -0.4 is 15.5 Å². The van der Waals surface area contributed by atoms with Crippen molar-refractivity contribution in [3.8, 4) is 0 Å². The van der Waals surface area contributed by atoms with Gasteiger partial charge in [0.15, 0.2) is 0 Å².